The molecule has 1 unspecified atom stereocenters. The Morgan fingerprint density at radius 2 is 1.94 bits per heavy atom. The van der Waals surface area contributed by atoms with Crippen LogP contribution in [0.2, 0.25) is 0 Å². The van der Waals surface area contributed by atoms with E-state index in [4.69, 9.17) is 0 Å². The van der Waals surface area contributed by atoms with Crippen LogP contribution in [-0.4, -0.2) is 19.0 Å². The molecule has 0 radical (unpaired) electrons. The van der Waals surface area contributed by atoms with Crippen LogP contribution in [0.4, 0.5) is 0 Å². The Balaban J connectivity index is 2.63. The Bertz CT molecular complexity index is 332. The van der Waals surface area contributed by atoms with Crippen LogP contribution < -0.4 is 10.6 Å². The van der Waals surface area contributed by atoms with Gasteiger partial charge in [-0.25, -0.2) is 0 Å². The molecule has 1 aromatic rings. The second-order valence-corrected chi connectivity index (χ2v) is 4.01. The van der Waals surface area contributed by atoms with Gasteiger partial charge >= 0.3 is 0 Å². The molecule has 0 aliphatic heterocycles. The van der Waals surface area contributed by atoms with Crippen LogP contribution >= 0.6 is 0 Å². The van der Waals surface area contributed by atoms with E-state index in [1.807, 2.05) is 38.2 Å². The van der Waals surface area contributed by atoms with Gasteiger partial charge in [0.05, 0.1) is 0 Å². The Morgan fingerprint density at radius 1 is 1.31 bits per heavy atom. The number of hydrogen-bond donors (Lipinski definition) is 2. The van der Waals surface area contributed by atoms with Crippen molar-refractivity contribution in [2.24, 2.45) is 0 Å². The quantitative estimate of drug-likeness (QED) is 0.796. The summed E-state index contributed by atoms with van der Waals surface area (Å²) >= 11 is 0. The van der Waals surface area contributed by atoms with Gasteiger partial charge in [-0.1, -0.05) is 19.1 Å². The van der Waals surface area contributed by atoms with E-state index in [-0.39, 0.29) is 11.9 Å². The summed E-state index contributed by atoms with van der Waals surface area (Å²) in [6, 6.07) is 7.91. The molecule has 3 heteroatoms. The molecular formula is C13H20N2O. The first-order chi connectivity index (χ1) is 7.67. The fraction of sp³-hybridized carbons (Fsp3) is 0.462. The fourth-order valence-electron chi connectivity index (χ4n) is 1.39. The molecule has 88 valence electrons. The van der Waals surface area contributed by atoms with Crippen LogP contribution in [-0.2, 0) is 6.54 Å². The average molecular weight is 220 g/mol. The van der Waals surface area contributed by atoms with Gasteiger partial charge in [0.2, 0.25) is 0 Å². The first-order valence-corrected chi connectivity index (χ1v) is 5.71. The zero-order valence-electron chi connectivity index (χ0n) is 10.2. The van der Waals surface area contributed by atoms with Gasteiger partial charge in [-0.05, 0) is 38.1 Å². The van der Waals surface area contributed by atoms with Gasteiger partial charge < -0.3 is 10.6 Å². The lowest BCUT2D eigenvalue weighted by atomic mass is 10.1. The van der Waals surface area contributed by atoms with Gasteiger partial charge in [0.25, 0.3) is 5.91 Å². The highest BCUT2D eigenvalue weighted by Gasteiger charge is 2.07. The number of nitrogens with one attached hydrogen (secondary N) is 2. The maximum Gasteiger partial charge on any atom is 0.251 e. The first-order valence-electron chi connectivity index (χ1n) is 5.71. The lowest BCUT2D eigenvalue weighted by Gasteiger charge is -2.11. The van der Waals surface area contributed by atoms with E-state index in [0.717, 1.165) is 18.5 Å². The SMILES string of the molecule is CCC(C)NC(=O)c1ccc(CNC)cc1. The molecule has 0 aromatic heterocycles. The lowest BCUT2D eigenvalue weighted by molar-refractivity contribution is 0.0939. The van der Waals surface area contributed by atoms with Crippen molar-refractivity contribution in [1.82, 2.24) is 10.6 Å². The van der Waals surface area contributed by atoms with Crippen LogP contribution in [0.15, 0.2) is 24.3 Å². The highest BCUT2D eigenvalue weighted by atomic mass is 16.1. The minimum atomic E-state index is 0.00496. The molecule has 0 spiro atoms. The van der Waals surface area contributed by atoms with Crippen LogP contribution in [0, 0.1) is 0 Å². The number of carbonyl (C=O) groups excluding carboxylic acids is 1. The van der Waals surface area contributed by atoms with Crippen molar-refractivity contribution in [3.05, 3.63) is 35.4 Å². The summed E-state index contributed by atoms with van der Waals surface area (Å²) in [4.78, 5) is 11.8. The minimum absolute atomic E-state index is 0.00496. The maximum absolute atomic E-state index is 11.8. The number of carbonyl (C=O) groups is 1. The Kier molecular flexibility index (Phi) is 4.99. The summed E-state index contributed by atoms with van der Waals surface area (Å²) in [5.74, 6) is 0.00496. The summed E-state index contributed by atoms with van der Waals surface area (Å²) < 4.78 is 0. The second-order valence-electron chi connectivity index (χ2n) is 4.01. The van der Waals surface area contributed by atoms with E-state index < -0.39 is 0 Å². The van der Waals surface area contributed by atoms with Gasteiger partial charge in [-0.15, -0.1) is 0 Å². The molecule has 0 saturated carbocycles. The summed E-state index contributed by atoms with van der Waals surface area (Å²) in [5.41, 5.74) is 1.91. The average Bonchev–Trinajstić information content (AvgIpc) is 2.30. The molecule has 0 saturated heterocycles. The molecule has 0 aliphatic rings. The van der Waals surface area contributed by atoms with Crippen molar-refractivity contribution in [3.8, 4) is 0 Å². The standard InChI is InChI=1S/C13H20N2O/c1-4-10(2)15-13(16)12-7-5-11(6-8-12)9-14-3/h5-8,10,14H,4,9H2,1-3H3,(H,15,16). The van der Waals surface area contributed by atoms with Crippen LogP contribution in [0.5, 0.6) is 0 Å². The molecule has 16 heavy (non-hydrogen) atoms. The molecule has 0 heterocycles. The van der Waals surface area contributed by atoms with Gasteiger partial charge in [0, 0.05) is 18.2 Å². The van der Waals surface area contributed by atoms with Gasteiger partial charge in [0.1, 0.15) is 0 Å². The van der Waals surface area contributed by atoms with Crippen molar-refractivity contribution < 1.29 is 4.79 Å². The Hall–Kier alpha value is -1.35. The van der Waals surface area contributed by atoms with Crippen molar-refractivity contribution in [3.63, 3.8) is 0 Å². The van der Waals surface area contributed by atoms with E-state index in [2.05, 4.69) is 17.6 Å². The molecule has 1 rings (SSSR count). The number of hydrogen-bond acceptors (Lipinski definition) is 2. The Labute approximate surface area is 97.2 Å². The molecule has 1 amide bonds. The van der Waals surface area contributed by atoms with Gasteiger partial charge in [-0.2, -0.15) is 0 Å². The van der Waals surface area contributed by atoms with Crippen molar-refractivity contribution in [1.29, 1.82) is 0 Å². The van der Waals surface area contributed by atoms with E-state index in [1.165, 1.54) is 5.56 Å². The van der Waals surface area contributed by atoms with Crippen LogP contribution in [0.25, 0.3) is 0 Å². The van der Waals surface area contributed by atoms with E-state index in [0.29, 0.717) is 0 Å². The minimum Gasteiger partial charge on any atom is -0.350 e. The molecule has 0 bridgehead atoms. The highest BCUT2D eigenvalue weighted by Crippen LogP contribution is 2.05. The zero-order chi connectivity index (χ0) is 12.0. The molecule has 0 aliphatic carbocycles. The summed E-state index contributed by atoms with van der Waals surface area (Å²) in [5, 5.41) is 6.02. The van der Waals surface area contributed by atoms with Crippen molar-refractivity contribution >= 4 is 5.91 Å². The lowest BCUT2D eigenvalue weighted by Crippen LogP contribution is -2.31. The predicted molar refractivity (Wildman–Crippen MR) is 66.4 cm³/mol. The molecule has 1 aromatic carbocycles. The highest BCUT2D eigenvalue weighted by molar-refractivity contribution is 5.94. The first kappa shape index (κ1) is 12.7. The third-order valence-corrected chi connectivity index (χ3v) is 2.59. The smallest absolute Gasteiger partial charge is 0.251 e. The van der Waals surface area contributed by atoms with Crippen LogP contribution in [0.1, 0.15) is 36.2 Å². The summed E-state index contributed by atoms with van der Waals surface area (Å²) in [6.45, 7) is 4.89. The second kappa shape index (κ2) is 6.28. The molecule has 2 N–H and O–H groups in total. The summed E-state index contributed by atoms with van der Waals surface area (Å²) in [7, 11) is 1.91. The number of rotatable bonds is 5. The van der Waals surface area contributed by atoms with E-state index in [1.54, 1.807) is 0 Å². The fourth-order valence-corrected chi connectivity index (χ4v) is 1.39. The molecule has 0 fully saturated rings. The molecular weight excluding hydrogens is 200 g/mol. The van der Waals surface area contributed by atoms with Crippen molar-refractivity contribution in [2.45, 2.75) is 32.9 Å². The summed E-state index contributed by atoms with van der Waals surface area (Å²) in [6.07, 6.45) is 0.948. The van der Waals surface area contributed by atoms with Crippen LogP contribution in [0.3, 0.4) is 0 Å². The number of benzene rings is 1. The Morgan fingerprint density at radius 3 is 2.44 bits per heavy atom. The van der Waals surface area contributed by atoms with E-state index in [9.17, 15) is 4.79 Å². The molecule has 1 atom stereocenters. The third kappa shape index (κ3) is 3.66. The monoisotopic (exact) mass is 220 g/mol. The topological polar surface area (TPSA) is 41.1 Å². The van der Waals surface area contributed by atoms with Crippen molar-refractivity contribution in [2.75, 3.05) is 7.05 Å². The molecule has 3 nitrogen and oxygen atoms in total. The normalized spacial score (nSPS) is 12.2. The third-order valence-electron chi connectivity index (χ3n) is 2.59. The maximum atomic E-state index is 11.8. The number of amides is 1. The van der Waals surface area contributed by atoms with Gasteiger partial charge in [0.15, 0.2) is 0 Å². The van der Waals surface area contributed by atoms with E-state index >= 15 is 0 Å². The van der Waals surface area contributed by atoms with Gasteiger partial charge in [-0.3, -0.25) is 4.79 Å². The largest absolute Gasteiger partial charge is 0.350 e. The zero-order valence-corrected chi connectivity index (χ0v) is 10.2. The predicted octanol–water partition coefficient (Wildman–Crippen LogP) is 1.93.